The number of benzene rings is 2. The van der Waals surface area contributed by atoms with E-state index in [-0.39, 0.29) is 5.75 Å². The van der Waals surface area contributed by atoms with Crippen LogP contribution in [0, 0.1) is 6.92 Å². The molecule has 4 heteroatoms. The van der Waals surface area contributed by atoms with Gasteiger partial charge in [0.2, 0.25) is 0 Å². The molecular weight excluding hydrogens is 310 g/mol. The molecule has 4 rings (SSSR count). The molecule has 0 spiro atoms. The molecule has 0 fully saturated rings. The van der Waals surface area contributed by atoms with Crippen LogP contribution in [0.4, 0.5) is 0 Å². The Balaban J connectivity index is 1.77. The summed E-state index contributed by atoms with van der Waals surface area (Å²) < 4.78 is 2.10. The highest BCUT2D eigenvalue weighted by molar-refractivity contribution is 5.72. The molecular formula is C21H21N3O. The first kappa shape index (κ1) is 15.6. The first-order valence-corrected chi connectivity index (χ1v) is 8.62. The van der Waals surface area contributed by atoms with Gasteiger partial charge in [0.15, 0.2) is 0 Å². The number of hydrogen-bond acceptors (Lipinski definition) is 3. The molecule has 0 aliphatic carbocycles. The van der Waals surface area contributed by atoms with Gasteiger partial charge in [0.05, 0.1) is 12.2 Å². The maximum absolute atomic E-state index is 9.49. The molecule has 0 radical (unpaired) electrons. The van der Waals surface area contributed by atoms with Gasteiger partial charge in [-0.2, -0.15) is 5.10 Å². The number of aliphatic imine (C=N–C) groups is 1. The van der Waals surface area contributed by atoms with Crippen molar-refractivity contribution in [2.75, 3.05) is 6.54 Å². The third kappa shape index (κ3) is 3.20. The number of aromatic nitrogens is 2. The number of aromatic hydroxyl groups is 1. The number of rotatable bonds is 3. The largest absolute Gasteiger partial charge is 0.508 e. The van der Waals surface area contributed by atoms with E-state index in [2.05, 4.69) is 40.9 Å². The normalized spacial score (nSPS) is 13.5. The summed E-state index contributed by atoms with van der Waals surface area (Å²) in [4.78, 5) is 4.47. The lowest BCUT2D eigenvalue weighted by molar-refractivity contribution is 0.475. The molecule has 2 aromatic carbocycles. The summed E-state index contributed by atoms with van der Waals surface area (Å²) in [5.41, 5.74) is 7.14. The molecule has 1 N–H and O–H groups in total. The zero-order valence-electron chi connectivity index (χ0n) is 14.3. The van der Waals surface area contributed by atoms with Crippen molar-refractivity contribution in [3.05, 3.63) is 70.9 Å². The lowest BCUT2D eigenvalue weighted by Gasteiger charge is -2.07. The van der Waals surface area contributed by atoms with Crippen LogP contribution in [0.15, 0.2) is 53.5 Å². The number of phenols is 1. The van der Waals surface area contributed by atoms with Gasteiger partial charge in [-0.25, -0.2) is 0 Å². The highest BCUT2D eigenvalue weighted by Gasteiger charge is 2.19. The molecule has 3 aromatic rings. The summed E-state index contributed by atoms with van der Waals surface area (Å²) in [6, 6.07) is 15.9. The third-order valence-electron chi connectivity index (χ3n) is 4.66. The van der Waals surface area contributed by atoms with E-state index in [0.29, 0.717) is 6.54 Å². The molecule has 126 valence electrons. The molecule has 1 aliphatic rings. The summed E-state index contributed by atoms with van der Waals surface area (Å²) in [6.07, 6.45) is 3.74. The zero-order chi connectivity index (χ0) is 17.2. The van der Waals surface area contributed by atoms with Gasteiger partial charge in [-0.05, 0) is 24.6 Å². The molecule has 1 aromatic heterocycles. The Labute approximate surface area is 147 Å². The van der Waals surface area contributed by atoms with Crippen LogP contribution in [-0.4, -0.2) is 27.6 Å². The predicted octanol–water partition coefficient (Wildman–Crippen LogP) is 3.78. The molecule has 0 saturated heterocycles. The summed E-state index contributed by atoms with van der Waals surface area (Å²) in [5.74, 6) is 0.289. The van der Waals surface area contributed by atoms with Gasteiger partial charge in [-0.15, -0.1) is 0 Å². The Morgan fingerprint density at radius 2 is 1.80 bits per heavy atom. The third-order valence-corrected chi connectivity index (χ3v) is 4.66. The van der Waals surface area contributed by atoms with Crippen LogP contribution < -0.4 is 0 Å². The number of nitrogens with zero attached hydrogens (tertiary/aromatic N) is 3. The van der Waals surface area contributed by atoms with Crippen LogP contribution in [-0.2, 0) is 19.4 Å². The van der Waals surface area contributed by atoms with Gasteiger partial charge >= 0.3 is 0 Å². The minimum atomic E-state index is 0.289. The Morgan fingerprint density at radius 3 is 2.56 bits per heavy atom. The smallest absolute Gasteiger partial charge is 0.115 e. The quantitative estimate of drug-likeness (QED) is 0.794. The van der Waals surface area contributed by atoms with E-state index in [1.165, 1.54) is 16.8 Å². The van der Waals surface area contributed by atoms with E-state index in [0.717, 1.165) is 36.2 Å². The summed E-state index contributed by atoms with van der Waals surface area (Å²) in [6.45, 7) is 3.61. The Kier molecular flexibility index (Phi) is 4.10. The molecule has 0 atom stereocenters. The first-order valence-electron chi connectivity index (χ1n) is 8.62. The van der Waals surface area contributed by atoms with Crippen LogP contribution in [0.2, 0.25) is 0 Å². The van der Waals surface area contributed by atoms with E-state index in [9.17, 15) is 5.11 Å². The summed E-state index contributed by atoms with van der Waals surface area (Å²) >= 11 is 0. The molecule has 0 saturated carbocycles. The van der Waals surface area contributed by atoms with Crippen molar-refractivity contribution in [3.63, 3.8) is 0 Å². The molecule has 2 heterocycles. The Hall–Kier alpha value is -2.88. The van der Waals surface area contributed by atoms with Gasteiger partial charge in [0, 0.05) is 42.4 Å². The second-order valence-corrected chi connectivity index (χ2v) is 6.51. The number of fused-ring (bicyclic) bond motifs is 1. The molecule has 1 aliphatic heterocycles. The van der Waals surface area contributed by atoms with Crippen molar-refractivity contribution in [3.8, 4) is 17.0 Å². The Morgan fingerprint density at radius 1 is 1.04 bits per heavy atom. The lowest BCUT2D eigenvalue weighted by atomic mass is 10.0. The van der Waals surface area contributed by atoms with Crippen molar-refractivity contribution in [1.82, 2.24) is 9.78 Å². The lowest BCUT2D eigenvalue weighted by Crippen LogP contribution is -2.08. The van der Waals surface area contributed by atoms with E-state index >= 15 is 0 Å². The minimum absolute atomic E-state index is 0.289. The van der Waals surface area contributed by atoms with Crippen LogP contribution in [0.3, 0.4) is 0 Å². The zero-order valence-corrected chi connectivity index (χ0v) is 14.3. The fraction of sp³-hybridized carbons (Fsp3) is 0.238. The molecule has 0 amide bonds. The van der Waals surface area contributed by atoms with Gasteiger partial charge in [0.25, 0.3) is 0 Å². The standard InChI is InChI=1S/C21H21N3O/c1-15-2-6-17(7-3-15)21-19-10-12-22-13-11-20(19)24(23-21)14-16-4-8-18(25)9-5-16/h2-9,12,25H,10-11,13-14H2,1H3. The predicted molar refractivity (Wildman–Crippen MR) is 100 cm³/mol. The van der Waals surface area contributed by atoms with E-state index in [1.54, 1.807) is 12.1 Å². The molecule has 4 nitrogen and oxygen atoms in total. The Bertz CT molecular complexity index is 906. The van der Waals surface area contributed by atoms with Crippen molar-refractivity contribution >= 4 is 6.21 Å². The maximum atomic E-state index is 9.49. The molecule has 0 bridgehead atoms. The average Bonchev–Trinajstić information content (AvgIpc) is 2.80. The number of aryl methyl sites for hydroxylation is 1. The van der Waals surface area contributed by atoms with E-state index in [4.69, 9.17) is 5.10 Å². The summed E-state index contributed by atoms with van der Waals surface area (Å²) in [7, 11) is 0. The number of hydrogen-bond donors (Lipinski definition) is 1. The van der Waals surface area contributed by atoms with Gasteiger partial charge in [0.1, 0.15) is 5.75 Å². The van der Waals surface area contributed by atoms with Crippen molar-refractivity contribution in [1.29, 1.82) is 0 Å². The van der Waals surface area contributed by atoms with Crippen LogP contribution in [0.5, 0.6) is 5.75 Å². The fourth-order valence-corrected chi connectivity index (χ4v) is 3.29. The molecule has 0 unspecified atom stereocenters. The van der Waals surface area contributed by atoms with Crippen molar-refractivity contribution in [2.24, 2.45) is 4.99 Å². The minimum Gasteiger partial charge on any atom is -0.508 e. The highest BCUT2D eigenvalue weighted by Crippen LogP contribution is 2.28. The van der Waals surface area contributed by atoms with Crippen molar-refractivity contribution < 1.29 is 5.11 Å². The first-order chi connectivity index (χ1) is 12.2. The maximum Gasteiger partial charge on any atom is 0.115 e. The average molecular weight is 331 g/mol. The van der Waals surface area contributed by atoms with Gasteiger partial charge < -0.3 is 5.11 Å². The monoisotopic (exact) mass is 331 g/mol. The van der Waals surface area contributed by atoms with E-state index < -0.39 is 0 Å². The second-order valence-electron chi connectivity index (χ2n) is 6.51. The van der Waals surface area contributed by atoms with Gasteiger partial charge in [-0.3, -0.25) is 9.67 Å². The molecule has 25 heavy (non-hydrogen) atoms. The van der Waals surface area contributed by atoms with Crippen molar-refractivity contribution in [2.45, 2.75) is 26.3 Å². The summed E-state index contributed by atoms with van der Waals surface area (Å²) in [5, 5.41) is 14.4. The fourth-order valence-electron chi connectivity index (χ4n) is 3.29. The number of phenolic OH excluding ortho intramolecular Hbond substituents is 1. The van der Waals surface area contributed by atoms with Gasteiger partial charge in [-0.1, -0.05) is 42.0 Å². The van der Waals surface area contributed by atoms with Crippen LogP contribution >= 0.6 is 0 Å². The van der Waals surface area contributed by atoms with Crippen LogP contribution in [0.1, 0.15) is 22.4 Å². The second kappa shape index (κ2) is 6.55. The highest BCUT2D eigenvalue weighted by atomic mass is 16.3. The van der Waals surface area contributed by atoms with E-state index in [1.807, 2.05) is 18.3 Å². The van der Waals surface area contributed by atoms with Crippen LogP contribution in [0.25, 0.3) is 11.3 Å². The SMILES string of the molecule is Cc1ccc(-c2nn(Cc3ccc(O)cc3)c3c2CC=NCC3)cc1. The topological polar surface area (TPSA) is 50.4 Å².